The number of anilines is 1. The number of Topliss-reactive ketones (excluding diaryl/α,β-unsaturated/α-hetero) is 1. The van der Waals surface area contributed by atoms with Gasteiger partial charge in [-0.15, -0.1) is 0 Å². The third-order valence-electron chi connectivity index (χ3n) is 3.74. The maximum atomic E-state index is 12.4. The SMILES string of the molecule is CCCC(=O)c1ccc2c(c1)N(CCN(C)C)C(=O)C(C)O2. The first kappa shape index (κ1) is 16.5. The molecule has 0 saturated heterocycles. The fraction of sp³-hybridized carbons (Fsp3) is 0.529. The van der Waals surface area contributed by atoms with Crippen LogP contribution in [-0.2, 0) is 4.79 Å². The minimum atomic E-state index is -0.494. The summed E-state index contributed by atoms with van der Waals surface area (Å²) < 4.78 is 5.66. The molecule has 0 saturated carbocycles. The second-order valence-electron chi connectivity index (χ2n) is 5.91. The molecule has 120 valence electrons. The maximum Gasteiger partial charge on any atom is 0.267 e. The third kappa shape index (κ3) is 3.47. The van der Waals surface area contributed by atoms with E-state index in [0.717, 1.165) is 13.0 Å². The number of likely N-dealkylation sites (N-methyl/N-ethyl adjacent to an activating group) is 1. The predicted molar refractivity (Wildman–Crippen MR) is 86.7 cm³/mol. The number of nitrogens with zero attached hydrogens (tertiary/aromatic N) is 2. The van der Waals surface area contributed by atoms with Gasteiger partial charge in [0.25, 0.3) is 5.91 Å². The summed E-state index contributed by atoms with van der Waals surface area (Å²) in [6, 6.07) is 5.36. The van der Waals surface area contributed by atoms with Crippen LogP contribution in [0.4, 0.5) is 5.69 Å². The molecule has 5 nitrogen and oxygen atoms in total. The van der Waals surface area contributed by atoms with E-state index in [1.165, 1.54) is 0 Å². The lowest BCUT2D eigenvalue weighted by atomic mass is 10.0. The van der Waals surface area contributed by atoms with E-state index in [0.29, 0.717) is 30.0 Å². The Labute approximate surface area is 131 Å². The molecule has 1 aromatic carbocycles. The van der Waals surface area contributed by atoms with E-state index >= 15 is 0 Å². The van der Waals surface area contributed by atoms with E-state index in [9.17, 15) is 9.59 Å². The fourth-order valence-electron chi connectivity index (χ4n) is 2.48. The lowest BCUT2D eigenvalue weighted by Gasteiger charge is -2.34. The summed E-state index contributed by atoms with van der Waals surface area (Å²) in [5.74, 6) is 0.706. The number of benzene rings is 1. The van der Waals surface area contributed by atoms with Gasteiger partial charge in [0.2, 0.25) is 0 Å². The van der Waals surface area contributed by atoms with Crippen molar-refractivity contribution in [2.75, 3.05) is 32.1 Å². The minimum absolute atomic E-state index is 0.0607. The molecule has 22 heavy (non-hydrogen) atoms. The highest BCUT2D eigenvalue weighted by Gasteiger charge is 2.31. The second-order valence-corrected chi connectivity index (χ2v) is 5.91. The molecule has 0 aliphatic carbocycles. The van der Waals surface area contributed by atoms with E-state index in [1.807, 2.05) is 25.9 Å². The number of hydrogen-bond donors (Lipinski definition) is 0. The number of carbonyl (C=O) groups excluding carboxylic acids is 2. The molecule has 1 aliphatic rings. The van der Waals surface area contributed by atoms with Crippen LogP contribution in [-0.4, -0.2) is 49.9 Å². The average Bonchev–Trinajstić information content (AvgIpc) is 2.47. The Hall–Kier alpha value is -1.88. The van der Waals surface area contributed by atoms with Crippen molar-refractivity contribution in [2.24, 2.45) is 0 Å². The quantitative estimate of drug-likeness (QED) is 0.757. The van der Waals surface area contributed by atoms with Crippen LogP contribution in [0.1, 0.15) is 37.0 Å². The minimum Gasteiger partial charge on any atom is -0.479 e. The third-order valence-corrected chi connectivity index (χ3v) is 3.74. The smallest absolute Gasteiger partial charge is 0.267 e. The fourth-order valence-corrected chi connectivity index (χ4v) is 2.48. The second kappa shape index (κ2) is 6.92. The Balaban J connectivity index is 2.34. The molecule has 1 amide bonds. The van der Waals surface area contributed by atoms with Crippen LogP contribution in [0.25, 0.3) is 0 Å². The average molecular weight is 304 g/mol. The zero-order valence-electron chi connectivity index (χ0n) is 13.8. The molecule has 0 fully saturated rings. The summed E-state index contributed by atoms with van der Waals surface area (Å²) in [5, 5.41) is 0. The van der Waals surface area contributed by atoms with Gasteiger partial charge in [-0.2, -0.15) is 0 Å². The zero-order chi connectivity index (χ0) is 16.3. The van der Waals surface area contributed by atoms with E-state index in [2.05, 4.69) is 0 Å². The van der Waals surface area contributed by atoms with Crippen LogP contribution in [0.2, 0.25) is 0 Å². The monoisotopic (exact) mass is 304 g/mol. The zero-order valence-corrected chi connectivity index (χ0v) is 13.8. The van der Waals surface area contributed by atoms with E-state index in [1.54, 1.807) is 30.0 Å². The van der Waals surface area contributed by atoms with Crippen molar-refractivity contribution in [1.82, 2.24) is 4.90 Å². The predicted octanol–water partition coefficient (Wildman–Crippen LogP) is 2.34. The molecule has 2 rings (SSSR count). The summed E-state index contributed by atoms with van der Waals surface area (Å²) in [5.41, 5.74) is 1.34. The number of ether oxygens (including phenoxy) is 1. The van der Waals surface area contributed by atoms with Crippen LogP contribution >= 0.6 is 0 Å². The summed E-state index contributed by atoms with van der Waals surface area (Å²) in [7, 11) is 3.94. The maximum absolute atomic E-state index is 12.4. The van der Waals surface area contributed by atoms with Crippen molar-refractivity contribution >= 4 is 17.4 Å². The highest BCUT2D eigenvalue weighted by Crippen LogP contribution is 2.35. The standard InChI is InChI=1S/C17H24N2O3/c1-5-6-15(20)13-7-8-16-14(11-13)19(10-9-18(3)4)17(21)12(2)22-16/h7-8,11-12H,5-6,9-10H2,1-4H3. The summed E-state index contributed by atoms with van der Waals surface area (Å²) in [6.45, 7) is 5.07. The molecular formula is C17H24N2O3. The molecule has 1 atom stereocenters. The van der Waals surface area contributed by atoms with Crippen molar-refractivity contribution in [2.45, 2.75) is 32.8 Å². The number of rotatable bonds is 6. The van der Waals surface area contributed by atoms with E-state index in [4.69, 9.17) is 4.74 Å². The Morgan fingerprint density at radius 1 is 1.36 bits per heavy atom. The molecular weight excluding hydrogens is 280 g/mol. The molecule has 0 aromatic heterocycles. The van der Waals surface area contributed by atoms with Crippen LogP contribution in [0, 0.1) is 0 Å². The molecule has 0 bridgehead atoms. The lowest BCUT2D eigenvalue weighted by molar-refractivity contribution is -0.125. The molecule has 1 aliphatic heterocycles. The van der Waals surface area contributed by atoms with Crippen molar-refractivity contribution in [3.8, 4) is 5.75 Å². The van der Waals surface area contributed by atoms with Gasteiger partial charge in [0.1, 0.15) is 5.75 Å². The van der Waals surface area contributed by atoms with Gasteiger partial charge < -0.3 is 14.5 Å². The van der Waals surface area contributed by atoms with Crippen molar-refractivity contribution in [3.05, 3.63) is 23.8 Å². The van der Waals surface area contributed by atoms with Crippen molar-refractivity contribution in [3.63, 3.8) is 0 Å². The van der Waals surface area contributed by atoms with Crippen molar-refractivity contribution in [1.29, 1.82) is 0 Å². The van der Waals surface area contributed by atoms with Crippen molar-refractivity contribution < 1.29 is 14.3 Å². The van der Waals surface area contributed by atoms with Crippen LogP contribution in [0.3, 0.4) is 0 Å². The first-order valence-electron chi connectivity index (χ1n) is 7.74. The number of fused-ring (bicyclic) bond motifs is 1. The van der Waals surface area contributed by atoms with Crippen LogP contribution in [0.15, 0.2) is 18.2 Å². The highest BCUT2D eigenvalue weighted by atomic mass is 16.5. The van der Waals surface area contributed by atoms with Crippen LogP contribution < -0.4 is 9.64 Å². The first-order chi connectivity index (χ1) is 10.4. The van der Waals surface area contributed by atoms with Gasteiger partial charge in [-0.25, -0.2) is 0 Å². The van der Waals surface area contributed by atoms with E-state index < -0.39 is 6.10 Å². The van der Waals surface area contributed by atoms with Gasteiger partial charge in [0.05, 0.1) is 5.69 Å². The van der Waals surface area contributed by atoms with Gasteiger partial charge >= 0.3 is 0 Å². The molecule has 1 unspecified atom stereocenters. The number of carbonyl (C=O) groups is 2. The molecule has 1 heterocycles. The molecule has 5 heteroatoms. The Kier molecular flexibility index (Phi) is 5.19. The Bertz CT molecular complexity index is 569. The number of hydrogen-bond acceptors (Lipinski definition) is 4. The summed E-state index contributed by atoms with van der Waals surface area (Å²) >= 11 is 0. The van der Waals surface area contributed by atoms with Gasteiger partial charge in [-0.05, 0) is 45.6 Å². The highest BCUT2D eigenvalue weighted by molar-refractivity contribution is 6.03. The molecule has 0 N–H and O–H groups in total. The van der Waals surface area contributed by atoms with Crippen LogP contribution in [0.5, 0.6) is 5.75 Å². The summed E-state index contributed by atoms with van der Waals surface area (Å²) in [4.78, 5) is 28.3. The van der Waals surface area contributed by atoms with Gasteiger partial charge in [0, 0.05) is 25.1 Å². The number of amides is 1. The molecule has 1 aromatic rings. The first-order valence-corrected chi connectivity index (χ1v) is 7.74. The lowest BCUT2D eigenvalue weighted by Crippen LogP contribution is -2.46. The van der Waals surface area contributed by atoms with Gasteiger partial charge in [-0.3, -0.25) is 9.59 Å². The Morgan fingerprint density at radius 2 is 2.09 bits per heavy atom. The largest absolute Gasteiger partial charge is 0.479 e. The summed E-state index contributed by atoms with van der Waals surface area (Å²) in [6.07, 6.45) is 0.834. The normalized spacial score (nSPS) is 17.4. The van der Waals surface area contributed by atoms with Gasteiger partial charge in [0.15, 0.2) is 11.9 Å². The molecule has 0 spiro atoms. The number of ketones is 1. The van der Waals surface area contributed by atoms with E-state index in [-0.39, 0.29) is 11.7 Å². The molecule has 0 radical (unpaired) electrons. The topological polar surface area (TPSA) is 49.9 Å². The Morgan fingerprint density at radius 3 is 2.73 bits per heavy atom. The van der Waals surface area contributed by atoms with Gasteiger partial charge in [-0.1, -0.05) is 6.92 Å².